The smallest absolute Gasteiger partial charge is 0.545 e. The second-order valence-electron chi connectivity index (χ2n) is 3.98. The molecule has 0 saturated heterocycles. The average Bonchev–Trinajstić information content (AvgIpc) is 2.47. The minimum Gasteiger partial charge on any atom is -0.545 e. The minimum absolute atomic E-state index is 0. The molecule has 22 heavy (non-hydrogen) atoms. The van der Waals surface area contributed by atoms with Crippen LogP contribution in [0.1, 0.15) is 10.4 Å². The molecule has 108 valence electrons. The van der Waals surface area contributed by atoms with E-state index in [1.807, 2.05) is 0 Å². The Labute approximate surface area is 173 Å². The Morgan fingerprint density at radius 2 is 1.91 bits per heavy atom. The van der Waals surface area contributed by atoms with E-state index in [2.05, 4.69) is 10.3 Å². The fourth-order valence-electron chi connectivity index (χ4n) is 1.51. The van der Waals surface area contributed by atoms with Crippen LogP contribution >= 0.6 is 11.8 Å². The first-order chi connectivity index (χ1) is 10.1. The number of pyridine rings is 1. The van der Waals surface area contributed by atoms with E-state index in [0.29, 0.717) is 17.4 Å². The van der Waals surface area contributed by atoms with Gasteiger partial charge in [-0.25, -0.2) is 9.37 Å². The fourth-order valence-corrected chi connectivity index (χ4v) is 2.25. The monoisotopic (exact) mass is 344 g/mol. The van der Waals surface area contributed by atoms with Crippen molar-refractivity contribution >= 4 is 28.5 Å². The molecule has 1 N–H and O–H groups in total. The maximum absolute atomic E-state index is 12.7. The van der Waals surface area contributed by atoms with Gasteiger partial charge in [-0.05, 0) is 48.2 Å². The zero-order chi connectivity index (χ0) is 15.2. The third-order valence-corrected chi connectivity index (χ3v) is 3.37. The SMILES string of the molecule is O=C(CNc1ccc(F)cc1)Sc1ncccc1C(=O)[O-].[K+]. The second kappa shape index (κ2) is 9.38. The molecule has 0 radical (unpaired) electrons. The van der Waals surface area contributed by atoms with Crippen molar-refractivity contribution in [1.29, 1.82) is 0 Å². The van der Waals surface area contributed by atoms with Crippen LogP contribution in [0.5, 0.6) is 0 Å². The molecule has 0 amide bonds. The molecule has 5 nitrogen and oxygen atoms in total. The molecular formula is C14H10FKN2O3S. The summed E-state index contributed by atoms with van der Waals surface area (Å²) in [6, 6.07) is 8.32. The normalized spacial score (nSPS) is 9.68. The van der Waals surface area contributed by atoms with Crippen molar-refractivity contribution in [3.63, 3.8) is 0 Å². The molecule has 2 aromatic rings. The number of anilines is 1. The van der Waals surface area contributed by atoms with Crippen LogP contribution in [-0.2, 0) is 4.79 Å². The van der Waals surface area contributed by atoms with E-state index < -0.39 is 5.97 Å². The van der Waals surface area contributed by atoms with Crippen molar-refractivity contribution < 1.29 is 70.5 Å². The summed E-state index contributed by atoms with van der Waals surface area (Å²) in [5, 5.41) is 13.5. The summed E-state index contributed by atoms with van der Waals surface area (Å²) < 4.78 is 12.7. The van der Waals surface area contributed by atoms with Gasteiger partial charge in [-0.3, -0.25) is 4.79 Å². The maximum Gasteiger partial charge on any atom is 1.00 e. The molecule has 1 aromatic heterocycles. The number of nitrogens with one attached hydrogen (secondary N) is 1. The number of carboxylic acid groups (broad SMARTS) is 1. The van der Waals surface area contributed by atoms with Crippen LogP contribution in [0.3, 0.4) is 0 Å². The summed E-state index contributed by atoms with van der Waals surface area (Å²) in [5.74, 6) is -1.75. The van der Waals surface area contributed by atoms with Gasteiger partial charge < -0.3 is 15.2 Å². The Kier molecular flexibility index (Phi) is 8.22. The maximum atomic E-state index is 12.7. The van der Waals surface area contributed by atoms with E-state index in [1.54, 1.807) is 0 Å². The van der Waals surface area contributed by atoms with Gasteiger partial charge in [0, 0.05) is 17.4 Å². The van der Waals surface area contributed by atoms with E-state index >= 15 is 0 Å². The third kappa shape index (κ3) is 5.79. The number of benzene rings is 1. The zero-order valence-corrected chi connectivity index (χ0v) is 15.6. The summed E-state index contributed by atoms with van der Waals surface area (Å²) in [6.07, 6.45) is 1.40. The first kappa shape index (κ1) is 19.3. The average molecular weight is 344 g/mol. The van der Waals surface area contributed by atoms with Gasteiger partial charge >= 0.3 is 51.4 Å². The van der Waals surface area contributed by atoms with E-state index in [0.717, 1.165) is 0 Å². The van der Waals surface area contributed by atoms with Gasteiger partial charge in [-0.2, -0.15) is 0 Å². The van der Waals surface area contributed by atoms with Crippen LogP contribution in [0.25, 0.3) is 0 Å². The van der Waals surface area contributed by atoms with E-state index in [9.17, 15) is 19.1 Å². The molecular weight excluding hydrogens is 334 g/mol. The van der Waals surface area contributed by atoms with Crippen LogP contribution in [0.2, 0.25) is 0 Å². The van der Waals surface area contributed by atoms with Gasteiger partial charge in [0.2, 0.25) is 5.12 Å². The molecule has 2 rings (SSSR count). The van der Waals surface area contributed by atoms with Gasteiger partial charge in [-0.1, -0.05) is 0 Å². The van der Waals surface area contributed by atoms with Crippen molar-refractivity contribution in [3.8, 4) is 0 Å². The van der Waals surface area contributed by atoms with E-state index in [1.165, 1.54) is 42.6 Å². The molecule has 0 unspecified atom stereocenters. The van der Waals surface area contributed by atoms with E-state index in [-0.39, 0.29) is 79.5 Å². The Morgan fingerprint density at radius 1 is 1.23 bits per heavy atom. The second-order valence-corrected chi connectivity index (χ2v) is 5.02. The van der Waals surface area contributed by atoms with Crippen molar-refractivity contribution in [2.45, 2.75) is 5.03 Å². The minimum atomic E-state index is -1.38. The molecule has 0 fully saturated rings. The van der Waals surface area contributed by atoms with Crippen LogP contribution in [-0.4, -0.2) is 22.6 Å². The molecule has 0 bridgehead atoms. The largest absolute Gasteiger partial charge is 1.00 e. The van der Waals surface area contributed by atoms with Gasteiger partial charge in [0.1, 0.15) is 10.8 Å². The summed E-state index contributed by atoms with van der Waals surface area (Å²) >= 11 is 0.714. The molecule has 1 heterocycles. The van der Waals surface area contributed by atoms with Gasteiger partial charge in [0.15, 0.2) is 0 Å². The molecule has 0 spiro atoms. The number of aromatic carboxylic acids is 1. The number of carboxylic acids is 1. The van der Waals surface area contributed by atoms with Crippen LogP contribution in [0, 0.1) is 5.82 Å². The Bertz CT molecular complexity index is 667. The first-order valence-corrected chi connectivity index (χ1v) is 6.74. The number of rotatable bonds is 5. The molecule has 0 aliphatic heterocycles. The summed E-state index contributed by atoms with van der Waals surface area (Å²) in [7, 11) is 0. The number of hydrogen-bond donors (Lipinski definition) is 1. The number of nitrogens with zero attached hydrogens (tertiary/aromatic N) is 1. The molecule has 8 heteroatoms. The first-order valence-electron chi connectivity index (χ1n) is 5.93. The van der Waals surface area contributed by atoms with Gasteiger partial charge in [0.05, 0.1) is 12.5 Å². The standard InChI is InChI=1S/C14H11FN2O3S.K/c15-9-3-5-10(6-4-9)17-8-12(18)21-13-11(14(19)20)2-1-7-16-13;/h1-7,17H,8H2,(H,19,20);/q;+1/p-1. The predicted octanol–water partition coefficient (Wildman–Crippen LogP) is -1.68. The number of aromatic nitrogens is 1. The predicted molar refractivity (Wildman–Crippen MR) is 74.3 cm³/mol. The third-order valence-electron chi connectivity index (χ3n) is 2.48. The Hall–Kier alpha value is -0.774. The Morgan fingerprint density at radius 3 is 2.55 bits per heavy atom. The Balaban J connectivity index is 0.00000242. The van der Waals surface area contributed by atoms with Crippen LogP contribution < -0.4 is 61.8 Å². The fraction of sp³-hybridized carbons (Fsp3) is 0.0714. The van der Waals surface area contributed by atoms with E-state index in [4.69, 9.17) is 0 Å². The van der Waals surface area contributed by atoms with Gasteiger partial charge in [-0.15, -0.1) is 0 Å². The van der Waals surface area contributed by atoms with Crippen molar-refractivity contribution in [2.75, 3.05) is 11.9 Å². The topological polar surface area (TPSA) is 82.1 Å². The quantitative estimate of drug-likeness (QED) is 0.515. The summed E-state index contributed by atoms with van der Waals surface area (Å²) in [4.78, 5) is 26.5. The van der Waals surface area contributed by atoms with Gasteiger partial charge in [0.25, 0.3) is 0 Å². The molecule has 0 aliphatic rings. The van der Waals surface area contributed by atoms with Crippen LogP contribution in [0.15, 0.2) is 47.6 Å². The summed E-state index contributed by atoms with van der Waals surface area (Å²) in [6.45, 7) is -0.0423. The van der Waals surface area contributed by atoms with Crippen molar-refractivity contribution in [3.05, 3.63) is 54.0 Å². The van der Waals surface area contributed by atoms with Crippen LogP contribution in [0.4, 0.5) is 10.1 Å². The number of halogens is 1. The number of carbonyl (C=O) groups is 2. The number of hydrogen-bond acceptors (Lipinski definition) is 6. The number of carbonyl (C=O) groups excluding carboxylic acids is 2. The number of thioether (sulfide) groups is 1. The molecule has 0 saturated carbocycles. The van der Waals surface area contributed by atoms with Crippen molar-refractivity contribution in [2.24, 2.45) is 0 Å². The van der Waals surface area contributed by atoms with Crippen molar-refractivity contribution in [1.82, 2.24) is 4.98 Å². The molecule has 0 atom stereocenters. The molecule has 0 aliphatic carbocycles. The summed E-state index contributed by atoms with van der Waals surface area (Å²) in [5.41, 5.74) is 0.462. The molecule has 1 aromatic carbocycles. The zero-order valence-electron chi connectivity index (χ0n) is 11.7.